The molecule has 0 aliphatic heterocycles. The van der Waals surface area contributed by atoms with Gasteiger partial charge in [-0.2, -0.15) is 0 Å². The van der Waals surface area contributed by atoms with Crippen LogP contribution in [0.2, 0.25) is 0 Å². The normalized spacial score (nSPS) is 12.8. The topological polar surface area (TPSA) is 94.8 Å². The van der Waals surface area contributed by atoms with Crippen molar-refractivity contribution in [1.29, 1.82) is 0 Å². The van der Waals surface area contributed by atoms with E-state index in [2.05, 4.69) is 5.32 Å². The summed E-state index contributed by atoms with van der Waals surface area (Å²) in [4.78, 5) is 36.3. The third kappa shape index (κ3) is 5.05. The van der Waals surface area contributed by atoms with Gasteiger partial charge in [0, 0.05) is 23.9 Å². The molecule has 3 rings (SSSR count). The van der Waals surface area contributed by atoms with Gasteiger partial charge < -0.3 is 19.2 Å². The second-order valence-electron chi connectivity index (χ2n) is 6.94. The Hall–Kier alpha value is -3.61. The number of hydrogen-bond donors (Lipinski definition) is 1. The zero-order chi connectivity index (χ0) is 21.7. The summed E-state index contributed by atoms with van der Waals surface area (Å²) < 4.78 is 15.7. The van der Waals surface area contributed by atoms with E-state index >= 15 is 0 Å². The SMILES string of the molecule is COC(=O)C(Cc1ccccc1)NC(=O)C(C)Oc1ccc2c(C)cc(=O)oc2c1. The number of benzene rings is 2. The van der Waals surface area contributed by atoms with Crippen LogP contribution < -0.4 is 15.7 Å². The minimum Gasteiger partial charge on any atom is -0.481 e. The molecule has 0 saturated heterocycles. The third-order valence-corrected chi connectivity index (χ3v) is 4.69. The summed E-state index contributed by atoms with van der Waals surface area (Å²) in [7, 11) is 1.28. The number of ether oxygens (including phenoxy) is 2. The molecule has 0 saturated carbocycles. The fraction of sp³-hybridized carbons (Fsp3) is 0.261. The Bertz CT molecular complexity index is 1110. The number of amides is 1. The predicted molar refractivity (Wildman–Crippen MR) is 111 cm³/mol. The van der Waals surface area contributed by atoms with Gasteiger partial charge in [0.2, 0.25) is 0 Å². The lowest BCUT2D eigenvalue weighted by atomic mass is 10.1. The summed E-state index contributed by atoms with van der Waals surface area (Å²) in [5, 5.41) is 3.46. The lowest BCUT2D eigenvalue weighted by Gasteiger charge is -2.20. The maximum Gasteiger partial charge on any atom is 0.336 e. The number of hydrogen-bond acceptors (Lipinski definition) is 6. The number of carbonyl (C=O) groups excluding carboxylic acids is 2. The number of fused-ring (bicyclic) bond motifs is 1. The fourth-order valence-electron chi connectivity index (χ4n) is 3.11. The maximum absolute atomic E-state index is 12.6. The average Bonchev–Trinajstić information content (AvgIpc) is 2.72. The average molecular weight is 409 g/mol. The largest absolute Gasteiger partial charge is 0.481 e. The van der Waals surface area contributed by atoms with E-state index in [9.17, 15) is 14.4 Å². The van der Waals surface area contributed by atoms with E-state index in [1.165, 1.54) is 13.2 Å². The highest BCUT2D eigenvalue weighted by atomic mass is 16.5. The number of nitrogens with one attached hydrogen (secondary N) is 1. The van der Waals surface area contributed by atoms with Crippen molar-refractivity contribution in [2.24, 2.45) is 0 Å². The second-order valence-corrected chi connectivity index (χ2v) is 6.94. The van der Waals surface area contributed by atoms with Crippen LogP contribution in [0.15, 0.2) is 63.8 Å². The van der Waals surface area contributed by atoms with Crippen LogP contribution >= 0.6 is 0 Å². The summed E-state index contributed by atoms with van der Waals surface area (Å²) >= 11 is 0. The van der Waals surface area contributed by atoms with Crippen molar-refractivity contribution < 1.29 is 23.5 Å². The Morgan fingerprint density at radius 2 is 1.83 bits per heavy atom. The Morgan fingerprint density at radius 3 is 2.53 bits per heavy atom. The zero-order valence-corrected chi connectivity index (χ0v) is 17.0. The molecule has 7 heteroatoms. The third-order valence-electron chi connectivity index (χ3n) is 4.69. The van der Waals surface area contributed by atoms with E-state index in [4.69, 9.17) is 13.9 Å². The first-order valence-electron chi connectivity index (χ1n) is 9.50. The molecule has 2 unspecified atom stereocenters. The number of esters is 1. The van der Waals surface area contributed by atoms with Crippen molar-refractivity contribution in [2.75, 3.05) is 7.11 Å². The van der Waals surface area contributed by atoms with Crippen LogP contribution in [0.5, 0.6) is 5.75 Å². The summed E-state index contributed by atoms with van der Waals surface area (Å²) in [6.45, 7) is 3.39. The number of carbonyl (C=O) groups is 2. The summed E-state index contributed by atoms with van der Waals surface area (Å²) in [6.07, 6.45) is -0.589. The number of rotatable bonds is 7. The molecule has 0 aliphatic carbocycles. The minimum atomic E-state index is -0.887. The van der Waals surface area contributed by atoms with Crippen LogP contribution in [0.4, 0.5) is 0 Å². The minimum absolute atomic E-state index is 0.298. The van der Waals surface area contributed by atoms with E-state index in [1.807, 2.05) is 37.3 Å². The van der Waals surface area contributed by atoms with Crippen LogP contribution in [0, 0.1) is 6.92 Å². The lowest BCUT2D eigenvalue weighted by molar-refractivity contribution is -0.145. The molecule has 7 nitrogen and oxygen atoms in total. The lowest BCUT2D eigenvalue weighted by Crippen LogP contribution is -2.47. The van der Waals surface area contributed by atoms with Gasteiger partial charge in [-0.25, -0.2) is 9.59 Å². The van der Waals surface area contributed by atoms with Crippen LogP contribution in [-0.2, 0) is 20.7 Å². The molecule has 30 heavy (non-hydrogen) atoms. The smallest absolute Gasteiger partial charge is 0.336 e. The first-order chi connectivity index (χ1) is 14.4. The van der Waals surface area contributed by atoms with Gasteiger partial charge in [0.25, 0.3) is 5.91 Å². The van der Waals surface area contributed by atoms with Gasteiger partial charge >= 0.3 is 11.6 Å². The molecular formula is C23H23NO6. The maximum atomic E-state index is 12.6. The molecule has 0 bridgehead atoms. The molecule has 0 fully saturated rings. The molecule has 1 heterocycles. The molecule has 0 radical (unpaired) electrons. The molecule has 3 aromatic rings. The van der Waals surface area contributed by atoms with Gasteiger partial charge in [-0.05, 0) is 37.1 Å². The Labute approximate surface area is 173 Å². The number of aryl methyl sites for hydroxylation is 1. The van der Waals surface area contributed by atoms with Crippen LogP contribution in [0.25, 0.3) is 11.0 Å². The first kappa shape index (κ1) is 21.1. The van der Waals surface area contributed by atoms with Crippen molar-refractivity contribution in [3.63, 3.8) is 0 Å². The summed E-state index contributed by atoms with van der Waals surface area (Å²) in [5.41, 5.74) is 1.61. The molecule has 2 atom stereocenters. The highest BCUT2D eigenvalue weighted by molar-refractivity contribution is 5.87. The highest BCUT2D eigenvalue weighted by Crippen LogP contribution is 2.23. The standard InChI is InChI=1S/C23H23NO6/c1-14-11-21(25)30-20-13-17(9-10-18(14)20)29-15(2)22(26)24-19(23(27)28-3)12-16-7-5-4-6-8-16/h4-11,13,15,19H,12H2,1-3H3,(H,24,26). The predicted octanol–water partition coefficient (Wildman–Crippen LogP) is 2.77. The van der Waals surface area contributed by atoms with Gasteiger partial charge in [0.05, 0.1) is 7.11 Å². The first-order valence-corrected chi connectivity index (χ1v) is 9.50. The van der Waals surface area contributed by atoms with Gasteiger partial charge in [-0.3, -0.25) is 4.79 Å². The summed E-state index contributed by atoms with van der Waals surface area (Å²) in [6, 6.07) is 14.9. The Morgan fingerprint density at radius 1 is 1.10 bits per heavy atom. The molecular weight excluding hydrogens is 386 g/mol. The van der Waals surface area contributed by atoms with E-state index in [0.29, 0.717) is 17.8 Å². The molecule has 0 spiro atoms. The van der Waals surface area contributed by atoms with Gasteiger partial charge in [-0.1, -0.05) is 30.3 Å². The highest BCUT2D eigenvalue weighted by Gasteiger charge is 2.25. The van der Waals surface area contributed by atoms with Crippen molar-refractivity contribution in [2.45, 2.75) is 32.4 Å². The molecule has 0 aliphatic rings. The van der Waals surface area contributed by atoms with Crippen molar-refractivity contribution in [3.05, 3.63) is 76.1 Å². The van der Waals surface area contributed by atoms with Crippen LogP contribution in [-0.4, -0.2) is 31.1 Å². The molecule has 1 amide bonds. The van der Waals surface area contributed by atoms with Gasteiger partial charge in [0.1, 0.15) is 17.4 Å². The van der Waals surface area contributed by atoms with Gasteiger partial charge in [-0.15, -0.1) is 0 Å². The zero-order valence-electron chi connectivity index (χ0n) is 17.0. The van der Waals surface area contributed by atoms with Crippen molar-refractivity contribution >= 4 is 22.8 Å². The molecule has 1 aromatic heterocycles. The van der Waals surface area contributed by atoms with Crippen LogP contribution in [0.1, 0.15) is 18.1 Å². The van der Waals surface area contributed by atoms with E-state index in [0.717, 1.165) is 16.5 Å². The van der Waals surface area contributed by atoms with E-state index < -0.39 is 29.6 Å². The quantitative estimate of drug-likeness (QED) is 0.476. The van der Waals surface area contributed by atoms with Crippen molar-refractivity contribution in [3.8, 4) is 5.75 Å². The number of methoxy groups -OCH3 is 1. The van der Waals surface area contributed by atoms with Gasteiger partial charge in [0.15, 0.2) is 6.10 Å². The fourth-order valence-corrected chi connectivity index (χ4v) is 3.11. The second kappa shape index (κ2) is 9.26. The molecule has 1 N–H and O–H groups in total. The molecule has 156 valence electrons. The van der Waals surface area contributed by atoms with Crippen LogP contribution in [0.3, 0.4) is 0 Å². The van der Waals surface area contributed by atoms with E-state index in [1.54, 1.807) is 25.1 Å². The van der Waals surface area contributed by atoms with E-state index in [-0.39, 0.29) is 0 Å². The summed E-state index contributed by atoms with van der Waals surface area (Å²) in [5.74, 6) is -0.633. The Kier molecular flexibility index (Phi) is 6.51. The Balaban J connectivity index is 1.71. The molecule has 2 aromatic carbocycles. The monoisotopic (exact) mass is 409 g/mol. The van der Waals surface area contributed by atoms with Crippen molar-refractivity contribution in [1.82, 2.24) is 5.32 Å².